The highest BCUT2D eigenvalue weighted by atomic mass is 32.1. The van der Waals surface area contributed by atoms with E-state index in [0.29, 0.717) is 0 Å². The summed E-state index contributed by atoms with van der Waals surface area (Å²) in [5, 5.41) is 5.75. The highest BCUT2D eigenvalue weighted by molar-refractivity contribution is 7.20. The van der Waals surface area contributed by atoms with Crippen molar-refractivity contribution in [3.8, 4) is 5.69 Å². The van der Waals surface area contributed by atoms with E-state index in [1.165, 1.54) is 10.5 Å². The molecule has 2 aromatic heterocycles. The van der Waals surface area contributed by atoms with Crippen molar-refractivity contribution < 1.29 is 9.69 Å². The first-order chi connectivity index (χ1) is 12.0. The van der Waals surface area contributed by atoms with E-state index in [0.717, 1.165) is 52.7 Å². The predicted molar refractivity (Wildman–Crippen MR) is 101 cm³/mol. The number of benzene rings is 1. The van der Waals surface area contributed by atoms with Gasteiger partial charge in [0, 0.05) is 5.39 Å². The molecule has 4 rings (SSSR count). The third kappa shape index (κ3) is 2.96. The zero-order chi connectivity index (χ0) is 17.6. The second kappa shape index (κ2) is 6.28. The zero-order valence-electron chi connectivity index (χ0n) is 14.9. The molecule has 0 spiro atoms. The molecule has 25 heavy (non-hydrogen) atoms. The van der Waals surface area contributed by atoms with Crippen molar-refractivity contribution in [3.05, 3.63) is 46.5 Å². The summed E-state index contributed by atoms with van der Waals surface area (Å²) in [7, 11) is 2.18. The molecule has 1 amide bonds. The van der Waals surface area contributed by atoms with Crippen LogP contribution in [0.4, 0.5) is 0 Å². The molecule has 1 aliphatic rings. The lowest BCUT2D eigenvalue weighted by atomic mass is 10.2. The Kier molecular flexibility index (Phi) is 4.09. The summed E-state index contributed by atoms with van der Waals surface area (Å²) < 4.78 is 1.96. The number of thiophene rings is 1. The van der Waals surface area contributed by atoms with Gasteiger partial charge in [-0.3, -0.25) is 4.79 Å². The SMILES string of the molecule is Cc1ccc(-n2nc(C)c3cc(C(=O)N4CC[NH+](C)CC4)sc32)cc1. The highest BCUT2D eigenvalue weighted by Gasteiger charge is 2.25. The van der Waals surface area contributed by atoms with Crippen molar-refractivity contribution in [2.75, 3.05) is 33.2 Å². The maximum atomic E-state index is 12.9. The van der Waals surface area contributed by atoms with Gasteiger partial charge in [0.25, 0.3) is 5.91 Å². The zero-order valence-corrected chi connectivity index (χ0v) is 15.7. The van der Waals surface area contributed by atoms with E-state index in [9.17, 15) is 4.79 Å². The Bertz CT molecular complexity index is 917. The lowest BCUT2D eigenvalue weighted by Gasteiger charge is -2.29. The van der Waals surface area contributed by atoms with Crippen LogP contribution in [0.5, 0.6) is 0 Å². The largest absolute Gasteiger partial charge is 0.334 e. The van der Waals surface area contributed by atoms with E-state index < -0.39 is 0 Å². The van der Waals surface area contributed by atoms with Crippen LogP contribution in [0.3, 0.4) is 0 Å². The lowest BCUT2D eigenvalue weighted by molar-refractivity contribution is -0.883. The van der Waals surface area contributed by atoms with Crippen molar-refractivity contribution >= 4 is 27.5 Å². The van der Waals surface area contributed by atoms with Crippen LogP contribution in [0.25, 0.3) is 15.9 Å². The summed E-state index contributed by atoms with van der Waals surface area (Å²) in [5.41, 5.74) is 3.23. The molecule has 1 fully saturated rings. The van der Waals surface area contributed by atoms with E-state index in [2.05, 4.69) is 43.3 Å². The Morgan fingerprint density at radius 2 is 1.84 bits per heavy atom. The van der Waals surface area contributed by atoms with Gasteiger partial charge in [-0.1, -0.05) is 17.7 Å². The average Bonchev–Trinajstić information content (AvgIpc) is 3.17. The van der Waals surface area contributed by atoms with Gasteiger partial charge in [0.15, 0.2) is 0 Å². The van der Waals surface area contributed by atoms with Crippen LogP contribution in [-0.2, 0) is 0 Å². The maximum absolute atomic E-state index is 12.9. The number of aryl methyl sites for hydroxylation is 2. The van der Waals surface area contributed by atoms with Crippen LogP contribution in [-0.4, -0.2) is 53.8 Å². The van der Waals surface area contributed by atoms with E-state index in [1.807, 2.05) is 22.6 Å². The standard InChI is InChI=1S/C19H22N4OS/c1-13-4-6-15(7-5-13)23-19-16(14(2)20-23)12-17(25-19)18(24)22-10-8-21(3)9-11-22/h4-7,12H,8-11H2,1-3H3/p+1. The number of piperazine rings is 1. The van der Waals surface area contributed by atoms with Crippen LogP contribution < -0.4 is 4.90 Å². The van der Waals surface area contributed by atoms with E-state index in [4.69, 9.17) is 0 Å². The van der Waals surface area contributed by atoms with Crippen LogP contribution in [0.2, 0.25) is 0 Å². The summed E-state index contributed by atoms with van der Waals surface area (Å²) in [6.07, 6.45) is 0. The summed E-state index contributed by atoms with van der Waals surface area (Å²) in [4.78, 5) is 18.2. The molecule has 1 aliphatic heterocycles. The van der Waals surface area contributed by atoms with E-state index in [1.54, 1.807) is 11.3 Å². The molecule has 0 aliphatic carbocycles. The number of nitrogens with zero attached hydrogens (tertiary/aromatic N) is 3. The number of aromatic nitrogens is 2. The molecule has 0 bridgehead atoms. The normalized spacial score (nSPS) is 15.9. The van der Waals surface area contributed by atoms with Crippen molar-refractivity contribution in [2.45, 2.75) is 13.8 Å². The number of nitrogens with one attached hydrogen (secondary N) is 1. The first kappa shape index (κ1) is 16.3. The Balaban J connectivity index is 1.69. The number of amides is 1. The molecule has 3 aromatic rings. The molecule has 5 nitrogen and oxygen atoms in total. The minimum atomic E-state index is 0.156. The lowest BCUT2D eigenvalue weighted by Crippen LogP contribution is -3.12. The fraction of sp³-hybridized carbons (Fsp3) is 0.368. The van der Waals surface area contributed by atoms with Gasteiger partial charge in [0.1, 0.15) is 4.83 Å². The van der Waals surface area contributed by atoms with E-state index in [-0.39, 0.29) is 5.91 Å². The molecule has 0 atom stereocenters. The topological polar surface area (TPSA) is 42.6 Å². The van der Waals surface area contributed by atoms with Crippen molar-refractivity contribution in [1.82, 2.24) is 14.7 Å². The van der Waals surface area contributed by atoms with Gasteiger partial charge in [-0.15, -0.1) is 11.3 Å². The second-order valence-electron chi connectivity index (χ2n) is 6.91. The highest BCUT2D eigenvalue weighted by Crippen LogP contribution is 2.31. The molecule has 3 heterocycles. The third-order valence-electron chi connectivity index (χ3n) is 4.94. The van der Waals surface area contributed by atoms with Crippen LogP contribution in [0.1, 0.15) is 20.9 Å². The summed E-state index contributed by atoms with van der Waals surface area (Å²) >= 11 is 1.55. The maximum Gasteiger partial charge on any atom is 0.264 e. The van der Waals surface area contributed by atoms with Gasteiger partial charge in [-0.2, -0.15) is 5.10 Å². The Labute approximate surface area is 151 Å². The number of hydrogen-bond acceptors (Lipinski definition) is 3. The van der Waals surface area contributed by atoms with Gasteiger partial charge in [-0.25, -0.2) is 4.68 Å². The number of likely N-dealkylation sites (N-methyl/N-ethyl adjacent to an activating group) is 1. The van der Waals surface area contributed by atoms with Crippen LogP contribution in [0.15, 0.2) is 30.3 Å². The molecule has 0 radical (unpaired) electrons. The summed E-state index contributed by atoms with van der Waals surface area (Å²) in [5.74, 6) is 0.156. The van der Waals surface area contributed by atoms with Crippen molar-refractivity contribution in [1.29, 1.82) is 0 Å². The average molecular weight is 355 g/mol. The number of quaternary nitrogens is 1. The van der Waals surface area contributed by atoms with Gasteiger partial charge >= 0.3 is 0 Å². The fourth-order valence-corrected chi connectivity index (χ4v) is 4.41. The molecular weight excluding hydrogens is 332 g/mol. The number of hydrogen-bond donors (Lipinski definition) is 1. The van der Waals surface area contributed by atoms with Crippen molar-refractivity contribution in [2.24, 2.45) is 0 Å². The molecular formula is C19H23N4OS+. The van der Waals surface area contributed by atoms with Crippen LogP contribution in [0, 0.1) is 13.8 Å². The third-order valence-corrected chi connectivity index (χ3v) is 6.04. The fourth-order valence-electron chi connectivity index (χ4n) is 3.26. The number of rotatable bonds is 2. The quantitative estimate of drug-likeness (QED) is 0.760. The van der Waals surface area contributed by atoms with Gasteiger partial charge in [0.05, 0.1) is 49.5 Å². The molecule has 0 unspecified atom stereocenters. The number of fused-ring (bicyclic) bond motifs is 1. The Morgan fingerprint density at radius 3 is 2.52 bits per heavy atom. The van der Waals surface area contributed by atoms with Crippen LogP contribution >= 0.6 is 11.3 Å². The van der Waals surface area contributed by atoms with Crippen molar-refractivity contribution in [3.63, 3.8) is 0 Å². The van der Waals surface area contributed by atoms with E-state index >= 15 is 0 Å². The molecule has 0 saturated carbocycles. The summed E-state index contributed by atoms with van der Waals surface area (Å²) in [6.45, 7) is 7.80. The number of carbonyl (C=O) groups is 1. The minimum Gasteiger partial charge on any atom is -0.334 e. The van der Waals surface area contributed by atoms with Gasteiger partial charge < -0.3 is 9.80 Å². The van der Waals surface area contributed by atoms with Gasteiger partial charge in [-0.05, 0) is 32.0 Å². The molecule has 1 saturated heterocycles. The molecule has 130 valence electrons. The predicted octanol–water partition coefficient (Wildman–Crippen LogP) is 1.67. The smallest absolute Gasteiger partial charge is 0.264 e. The molecule has 6 heteroatoms. The minimum absolute atomic E-state index is 0.156. The Morgan fingerprint density at radius 1 is 1.16 bits per heavy atom. The first-order valence-electron chi connectivity index (χ1n) is 8.70. The first-order valence-corrected chi connectivity index (χ1v) is 9.51. The second-order valence-corrected chi connectivity index (χ2v) is 7.94. The van der Waals surface area contributed by atoms with Gasteiger partial charge in [0.2, 0.25) is 0 Å². The monoisotopic (exact) mass is 355 g/mol. The molecule has 1 N–H and O–H groups in total. The molecule has 1 aromatic carbocycles. The Hall–Kier alpha value is -2.18. The summed E-state index contributed by atoms with van der Waals surface area (Å²) in [6, 6.07) is 10.3. The number of carbonyl (C=O) groups excluding carboxylic acids is 1.